The Labute approximate surface area is 106 Å². The molecule has 0 unspecified atom stereocenters. The van der Waals surface area contributed by atoms with Crippen LogP contribution in [0, 0.1) is 6.92 Å². The van der Waals surface area contributed by atoms with Crippen LogP contribution in [0.25, 0.3) is 5.65 Å². The first-order valence-electron chi connectivity index (χ1n) is 5.31. The molecule has 0 saturated carbocycles. The van der Waals surface area contributed by atoms with Crippen molar-refractivity contribution in [3.8, 4) is 0 Å². The van der Waals surface area contributed by atoms with Gasteiger partial charge in [0.25, 0.3) is 0 Å². The van der Waals surface area contributed by atoms with Crippen molar-refractivity contribution in [1.82, 2.24) is 8.77 Å². The molecule has 0 fully saturated rings. The lowest BCUT2D eigenvalue weighted by molar-refractivity contribution is 0.0972. The van der Waals surface area contributed by atoms with Crippen LogP contribution < -0.4 is 4.80 Å². The van der Waals surface area contributed by atoms with E-state index in [9.17, 15) is 4.79 Å². The van der Waals surface area contributed by atoms with E-state index in [1.54, 1.807) is 12.1 Å². The van der Waals surface area contributed by atoms with Gasteiger partial charge in [-0.3, -0.25) is 8.58 Å². The van der Waals surface area contributed by atoms with Crippen molar-refractivity contribution in [3.05, 3.63) is 52.9 Å². The van der Waals surface area contributed by atoms with Crippen molar-refractivity contribution in [2.24, 2.45) is 4.99 Å². The lowest BCUT2D eigenvalue weighted by Gasteiger charge is -1.91. The van der Waals surface area contributed by atoms with Gasteiger partial charge in [0.1, 0.15) is 5.65 Å². The summed E-state index contributed by atoms with van der Waals surface area (Å²) in [5.74, 6) is -0.202. The fourth-order valence-electron chi connectivity index (χ4n) is 1.53. The highest BCUT2D eigenvalue weighted by Crippen LogP contribution is 2.05. The van der Waals surface area contributed by atoms with E-state index in [2.05, 4.69) is 9.98 Å². The van der Waals surface area contributed by atoms with E-state index in [0.29, 0.717) is 4.80 Å². The van der Waals surface area contributed by atoms with Gasteiger partial charge in [0.05, 0.1) is 6.26 Å². The van der Waals surface area contributed by atoms with Crippen LogP contribution in [-0.4, -0.2) is 14.7 Å². The monoisotopic (exact) mass is 259 g/mol. The average Bonchev–Trinajstić information content (AvgIpc) is 2.95. The maximum Gasteiger partial charge on any atom is 0.315 e. The molecule has 90 valence electrons. The van der Waals surface area contributed by atoms with Gasteiger partial charge in [-0.05, 0) is 42.2 Å². The minimum Gasteiger partial charge on any atom is -0.459 e. The molecule has 0 radical (unpaired) electrons. The molecule has 0 N–H and O–H groups in total. The molecule has 0 aromatic carbocycles. The van der Waals surface area contributed by atoms with Crippen LogP contribution in [0.3, 0.4) is 0 Å². The number of hydrogen-bond acceptors (Lipinski definition) is 4. The number of rotatable bonds is 1. The second kappa shape index (κ2) is 4.23. The summed E-state index contributed by atoms with van der Waals surface area (Å²) in [6, 6.07) is 7.09. The van der Waals surface area contributed by atoms with Crippen LogP contribution in [0.2, 0.25) is 0 Å². The summed E-state index contributed by atoms with van der Waals surface area (Å²) in [6.45, 7) is 2.00. The number of aromatic nitrogens is 2. The fourth-order valence-corrected chi connectivity index (χ4v) is 2.38. The third-order valence-electron chi connectivity index (χ3n) is 2.36. The van der Waals surface area contributed by atoms with E-state index >= 15 is 0 Å². The molecule has 5 nitrogen and oxygen atoms in total. The molecule has 0 spiro atoms. The van der Waals surface area contributed by atoms with Gasteiger partial charge in [-0.15, -0.1) is 0 Å². The zero-order chi connectivity index (χ0) is 12.5. The highest BCUT2D eigenvalue weighted by molar-refractivity contribution is 7.03. The highest BCUT2D eigenvalue weighted by atomic mass is 32.1. The molecular weight excluding hydrogens is 250 g/mol. The molecule has 3 aromatic rings. The minimum atomic E-state index is -0.420. The van der Waals surface area contributed by atoms with Gasteiger partial charge < -0.3 is 4.42 Å². The number of nitrogens with zero attached hydrogens (tertiary/aromatic N) is 3. The van der Waals surface area contributed by atoms with E-state index in [-0.39, 0.29) is 5.76 Å². The number of hydrogen-bond donors (Lipinski definition) is 0. The van der Waals surface area contributed by atoms with E-state index in [1.165, 1.54) is 17.8 Å². The van der Waals surface area contributed by atoms with Crippen LogP contribution in [0.1, 0.15) is 16.1 Å². The Kier molecular flexibility index (Phi) is 2.56. The number of fused-ring (bicyclic) bond motifs is 1. The first-order chi connectivity index (χ1) is 8.72. The molecule has 0 aliphatic heterocycles. The van der Waals surface area contributed by atoms with E-state index in [0.717, 1.165) is 11.2 Å². The molecule has 3 rings (SSSR count). The summed E-state index contributed by atoms with van der Waals surface area (Å²) in [6.07, 6.45) is 3.39. The molecule has 18 heavy (non-hydrogen) atoms. The SMILES string of the molecule is Cc1ccc2nc(=NC(=O)c3ccco3)sn2c1. The van der Waals surface area contributed by atoms with Crippen LogP contribution in [0.15, 0.2) is 46.1 Å². The van der Waals surface area contributed by atoms with Crippen LogP contribution in [0.5, 0.6) is 0 Å². The minimum absolute atomic E-state index is 0.218. The Morgan fingerprint density at radius 1 is 1.44 bits per heavy atom. The van der Waals surface area contributed by atoms with Crippen molar-refractivity contribution in [3.63, 3.8) is 0 Å². The van der Waals surface area contributed by atoms with Gasteiger partial charge in [0.15, 0.2) is 5.76 Å². The van der Waals surface area contributed by atoms with E-state index in [4.69, 9.17) is 4.42 Å². The van der Waals surface area contributed by atoms with Crippen molar-refractivity contribution < 1.29 is 9.21 Å². The third-order valence-corrected chi connectivity index (χ3v) is 3.20. The van der Waals surface area contributed by atoms with Crippen molar-refractivity contribution in [2.75, 3.05) is 0 Å². The van der Waals surface area contributed by atoms with Crippen LogP contribution in [0.4, 0.5) is 0 Å². The molecule has 0 aliphatic carbocycles. The lowest BCUT2D eigenvalue weighted by atomic mass is 10.3. The van der Waals surface area contributed by atoms with Gasteiger partial charge in [-0.25, -0.2) is 0 Å². The third kappa shape index (κ3) is 1.98. The molecule has 6 heteroatoms. The molecule has 0 atom stereocenters. The van der Waals surface area contributed by atoms with Crippen molar-refractivity contribution >= 4 is 23.1 Å². The summed E-state index contributed by atoms with van der Waals surface area (Å²) in [7, 11) is 0. The van der Waals surface area contributed by atoms with Gasteiger partial charge in [0.2, 0.25) is 4.80 Å². The number of carbonyl (C=O) groups excluding carboxylic acids is 1. The van der Waals surface area contributed by atoms with Gasteiger partial charge in [-0.2, -0.15) is 9.98 Å². The molecule has 3 heterocycles. The van der Waals surface area contributed by atoms with Crippen LogP contribution in [-0.2, 0) is 0 Å². The van der Waals surface area contributed by atoms with Gasteiger partial charge in [-0.1, -0.05) is 6.07 Å². The van der Waals surface area contributed by atoms with Crippen molar-refractivity contribution in [2.45, 2.75) is 6.92 Å². The Morgan fingerprint density at radius 3 is 3.11 bits per heavy atom. The Balaban J connectivity index is 2.06. The van der Waals surface area contributed by atoms with Crippen LogP contribution >= 0.6 is 11.5 Å². The second-order valence-electron chi connectivity index (χ2n) is 3.77. The zero-order valence-electron chi connectivity index (χ0n) is 9.53. The predicted molar refractivity (Wildman–Crippen MR) is 66.4 cm³/mol. The molecule has 0 saturated heterocycles. The number of carbonyl (C=O) groups is 1. The smallest absolute Gasteiger partial charge is 0.315 e. The molecule has 1 amide bonds. The van der Waals surface area contributed by atoms with Gasteiger partial charge >= 0.3 is 5.91 Å². The summed E-state index contributed by atoms with van der Waals surface area (Å²) >= 11 is 1.31. The van der Waals surface area contributed by atoms with E-state index in [1.807, 2.05) is 29.0 Å². The number of furan rings is 1. The maximum atomic E-state index is 11.7. The first kappa shape index (κ1) is 10.9. The number of aryl methyl sites for hydroxylation is 1. The Morgan fingerprint density at radius 2 is 2.33 bits per heavy atom. The quantitative estimate of drug-likeness (QED) is 0.672. The Hall–Kier alpha value is -2.21. The summed E-state index contributed by atoms with van der Waals surface area (Å²) in [5, 5.41) is 0. The normalized spacial score (nSPS) is 12.2. The zero-order valence-corrected chi connectivity index (χ0v) is 10.3. The first-order valence-corrected chi connectivity index (χ1v) is 6.08. The topological polar surface area (TPSA) is 59.9 Å². The maximum absolute atomic E-state index is 11.7. The molecular formula is C12H9N3O2S. The van der Waals surface area contributed by atoms with Crippen molar-refractivity contribution in [1.29, 1.82) is 0 Å². The molecule has 0 bridgehead atoms. The van der Waals surface area contributed by atoms with E-state index < -0.39 is 5.91 Å². The summed E-state index contributed by atoms with van der Waals surface area (Å²) < 4.78 is 6.87. The summed E-state index contributed by atoms with van der Waals surface area (Å²) in [4.78, 5) is 20.3. The molecule has 3 aromatic heterocycles. The number of pyridine rings is 1. The second-order valence-corrected chi connectivity index (χ2v) is 4.71. The standard InChI is InChI=1S/C12H9N3O2S/c1-8-4-5-10-13-12(18-15(10)7-8)14-11(16)9-3-2-6-17-9/h2-7H,1H3. The fraction of sp³-hybridized carbons (Fsp3) is 0.0833. The Bertz CT molecular complexity index is 768. The molecule has 0 aliphatic rings. The highest BCUT2D eigenvalue weighted by Gasteiger charge is 2.07. The average molecular weight is 259 g/mol. The largest absolute Gasteiger partial charge is 0.459 e. The predicted octanol–water partition coefficient (Wildman–Crippen LogP) is 2.04. The number of amides is 1. The summed E-state index contributed by atoms with van der Waals surface area (Å²) in [5.41, 5.74) is 1.90. The van der Waals surface area contributed by atoms with Gasteiger partial charge in [0, 0.05) is 6.20 Å². The lowest BCUT2D eigenvalue weighted by Crippen LogP contribution is -2.03.